The zero-order valence-electron chi connectivity index (χ0n) is 20.6. The quantitative estimate of drug-likeness (QED) is 0.393. The second-order valence-electron chi connectivity index (χ2n) is 12.6. The first-order valence-corrected chi connectivity index (χ1v) is 13.0. The first kappa shape index (κ1) is 21.6. The zero-order chi connectivity index (χ0) is 23.2. The summed E-state index contributed by atoms with van der Waals surface area (Å²) in [5, 5.41) is 10.3. The Balaban J connectivity index is 1.41. The van der Waals surface area contributed by atoms with Crippen molar-refractivity contribution in [3.8, 4) is 0 Å². The van der Waals surface area contributed by atoms with Crippen LogP contribution in [0.3, 0.4) is 0 Å². The molecule has 3 heteroatoms. The summed E-state index contributed by atoms with van der Waals surface area (Å²) in [6, 6.07) is 10.6. The van der Waals surface area contributed by atoms with Crippen molar-refractivity contribution >= 4 is 5.97 Å². The molecular formula is C30H38O3. The van der Waals surface area contributed by atoms with Gasteiger partial charge in [-0.3, -0.25) is 4.79 Å². The molecule has 1 aromatic carbocycles. The molecule has 6 rings (SSSR count). The highest BCUT2D eigenvalue weighted by Gasteiger charge is 2.62. The van der Waals surface area contributed by atoms with E-state index in [2.05, 4.69) is 64.1 Å². The van der Waals surface area contributed by atoms with E-state index in [-0.39, 0.29) is 28.8 Å². The van der Waals surface area contributed by atoms with E-state index in [0.717, 1.165) is 44.3 Å². The van der Waals surface area contributed by atoms with Crippen molar-refractivity contribution in [1.82, 2.24) is 0 Å². The number of hydrogen-bond donors (Lipinski definition) is 1. The van der Waals surface area contributed by atoms with Gasteiger partial charge in [-0.25, -0.2) is 0 Å². The third-order valence-electron chi connectivity index (χ3n) is 10.6. The summed E-state index contributed by atoms with van der Waals surface area (Å²) in [6.07, 6.45) is 9.65. The predicted molar refractivity (Wildman–Crippen MR) is 129 cm³/mol. The number of esters is 1. The zero-order valence-corrected chi connectivity index (χ0v) is 20.6. The molecule has 2 saturated carbocycles. The number of carbonyl (C=O) groups is 1. The third-order valence-corrected chi connectivity index (χ3v) is 10.6. The van der Waals surface area contributed by atoms with Crippen LogP contribution >= 0.6 is 0 Å². The van der Waals surface area contributed by atoms with Crippen molar-refractivity contribution in [2.45, 2.75) is 84.7 Å². The molecule has 5 aliphatic rings. The Hall–Kier alpha value is -1.87. The third kappa shape index (κ3) is 2.87. The summed E-state index contributed by atoms with van der Waals surface area (Å²) in [5.41, 5.74) is 3.75. The summed E-state index contributed by atoms with van der Waals surface area (Å²) in [6.45, 7) is 8.99. The van der Waals surface area contributed by atoms with E-state index in [1.165, 1.54) is 23.1 Å². The molecule has 0 spiro atoms. The lowest BCUT2D eigenvalue weighted by molar-refractivity contribution is -0.155. The number of rotatable bonds is 1. The topological polar surface area (TPSA) is 46.5 Å². The molecule has 0 aromatic heterocycles. The highest BCUT2D eigenvalue weighted by atomic mass is 16.5. The Kier molecular flexibility index (Phi) is 4.64. The van der Waals surface area contributed by atoms with E-state index >= 15 is 0 Å². The standard InChI is InChI=1S/C30H38O3/c1-28(2)25(18-8-6-5-7-9-18)22-17-24-21-11-10-19-16-20(31)12-14-29(19,3)23(21)13-15-30(24,4)26(22)33-27(28)32/h5-10,20-21,23-25,31H,11-17H2,1-4H3/t20-,21?,23?,24?,25?,29-,30-/m0/s1. The van der Waals surface area contributed by atoms with E-state index < -0.39 is 5.41 Å². The summed E-state index contributed by atoms with van der Waals surface area (Å²) in [5.74, 6) is 2.85. The van der Waals surface area contributed by atoms with E-state index in [1.54, 1.807) is 0 Å². The van der Waals surface area contributed by atoms with Crippen LogP contribution in [0.15, 0.2) is 53.3 Å². The first-order valence-electron chi connectivity index (χ1n) is 13.0. The van der Waals surface area contributed by atoms with Gasteiger partial charge in [0.15, 0.2) is 0 Å². The molecule has 4 unspecified atom stereocenters. The minimum atomic E-state index is -0.561. The maximum absolute atomic E-state index is 13.3. The molecule has 0 saturated heterocycles. The van der Waals surface area contributed by atoms with Gasteiger partial charge in [0.25, 0.3) is 0 Å². The molecule has 1 aliphatic heterocycles. The number of aliphatic hydroxyl groups excluding tert-OH is 1. The number of ether oxygens (including phenoxy) is 1. The largest absolute Gasteiger partial charge is 0.430 e. The van der Waals surface area contributed by atoms with Gasteiger partial charge in [-0.15, -0.1) is 0 Å². The van der Waals surface area contributed by atoms with Crippen LogP contribution in [-0.4, -0.2) is 17.2 Å². The van der Waals surface area contributed by atoms with Gasteiger partial charge in [0, 0.05) is 11.3 Å². The molecule has 0 radical (unpaired) electrons. The van der Waals surface area contributed by atoms with Crippen molar-refractivity contribution in [2.75, 3.05) is 0 Å². The van der Waals surface area contributed by atoms with E-state index in [4.69, 9.17) is 4.74 Å². The van der Waals surface area contributed by atoms with Crippen LogP contribution < -0.4 is 0 Å². The van der Waals surface area contributed by atoms with Gasteiger partial charge in [-0.1, -0.05) is 55.8 Å². The first-order chi connectivity index (χ1) is 15.7. The monoisotopic (exact) mass is 446 g/mol. The normalized spacial score (nSPS) is 43.6. The minimum Gasteiger partial charge on any atom is -0.430 e. The Morgan fingerprint density at radius 3 is 2.42 bits per heavy atom. The summed E-state index contributed by atoms with van der Waals surface area (Å²) in [7, 11) is 0. The van der Waals surface area contributed by atoms with Crippen LogP contribution in [0.5, 0.6) is 0 Å². The molecule has 3 nitrogen and oxygen atoms in total. The summed E-state index contributed by atoms with van der Waals surface area (Å²) < 4.78 is 6.27. The van der Waals surface area contributed by atoms with Crippen molar-refractivity contribution < 1.29 is 14.6 Å². The van der Waals surface area contributed by atoms with Crippen LogP contribution in [-0.2, 0) is 9.53 Å². The number of hydrogen-bond acceptors (Lipinski definition) is 3. The van der Waals surface area contributed by atoms with Gasteiger partial charge in [-0.2, -0.15) is 0 Å². The molecule has 7 atom stereocenters. The highest BCUT2D eigenvalue weighted by Crippen LogP contribution is 2.69. The lowest BCUT2D eigenvalue weighted by Gasteiger charge is -2.57. The van der Waals surface area contributed by atoms with Gasteiger partial charge in [-0.05, 0) is 93.1 Å². The van der Waals surface area contributed by atoms with Gasteiger partial charge >= 0.3 is 5.97 Å². The van der Waals surface area contributed by atoms with Crippen molar-refractivity contribution in [1.29, 1.82) is 0 Å². The molecule has 1 heterocycles. The van der Waals surface area contributed by atoms with Crippen molar-refractivity contribution in [3.63, 3.8) is 0 Å². The van der Waals surface area contributed by atoms with Crippen LogP contribution in [0.25, 0.3) is 0 Å². The maximum atomic E-state index is 13.3. The fourth-order valence-electron chi connectivity index (χ4n) is 8.79. The molecule has 1 N–H and O–H groups in total. The number of fused-ring (bicyclic) bond motifs is 6. The second-order valence-corrected chi connectivity index (χ2v) is 12.6. The Bertz CT molecular complexity index is 1050. The molecule has 0 bridgehead atoms. The SMILES string of the molecule is CC1(C)C(=O)OC2=C(CC3C4CC=C5C[C@@H](O)CC[C@]5(C)C4CC[C@]23C)C1c1ccccc1. The van der Waals surface area contributed by atoms with E-state index in [0.29, 0.717) is 17.8 Å². The number of benzene rings is 1. The van der Waals surface area contributed by atoms with E-state index in [1.807, 2.05) is 0 Å². The highest BCUT2D eigenvalue weighted by molar-refractivity contribution is 5.81. The second kappa shape index (κ2) is 7.07. The van der Waals surface area contributed by atoms with Crippen molar-refractivity contribution in [3.05, 3.63) is 58.9 Å². The molecule has 0 amide bonds. The molecule has 2 fully saturated rings. The van der Waals surface area contributed by atoms with Crippen LogP contribution in [0.2, 0.25) is 0 Å². The smallest absolute Gasteiger partial charge is 0.317 e. The number of allylic oxidation sites excluding steroid dienone is 3. The Labute approximate surface area is 198 Å². The predicted octanol–water partition coefficient (Wildman–Crippen LogP) is 6.54. The fourth-order valence-corrected chi connectivity index (χ4v) is 8.79. The van der Waals surface area contributed by atoms with Crippen LogP contribution in [0, 0.1) is 34.0 Å². The number of aliphatic hydroxyl groups is 1. The van der Waals surface area contributed by atoms with Gasteiger partial charge in [0.2, 0.25) is 0 Å². The lowest BCUT2D eigenvalue weighted by Crippen LogP contribution is -2.50. The fraction of sp³-hybridized carbons (Fsp3) is 0.633. The minimum absolute atomic E-state index is 0.0500. The van der Waals surface area contributed by atoms with Gasteiger partial charge in [0.1, 0.15) is 5.76 Å². The molecule has 4 aliphatic carbocycles. The molecule has 33 heavy (non-hydrogen) atoms. The maximum Gasteiger partial charge on any atom is 0.317 e. The van der Waals surface area contributed by atoms with Crippen LogP contribution in [0.1, 0.15) is 84.1 Å². The summed E-state index contributed by atoms with van der Waals surface area (Å²) >= 11 is 0. The Morgan fingerprint density at radius 1 is 0.939 bits per heavy atom. The molecule has 1 aromatic rings. The lowest BCUT2D eigenvalue weighted by atomic mass is 9.48. The van der Waals surface area contributed by atoms with Gasteiger partial charge in [0.05, 0.1) is 11.5 Å². The molecular weight excluding hydrogens is 408 g/mol. The van der Waals surface area contributed by atoms with Crippen molar-refractivity contribution in [2.24, 2.45) is 34.0 Å². The van der Waals surface area contributed by atoms with E-state index in [9.17, 15) is 9.90 Å². The summed E-state index contributed by atoms with van der Waals surface area (Å²) in [4.78, 5) is 13.3. The average Bonchev–Trinajstić information content (AvgIpc) is 3.07. The van der Waals surface area contributed by atoms with Crippen LogP contribution in [0.4, 0.5) is 0 Å². The number of carbonyl (C=O) groups excluding carboxylic acids is 1. The Morgan fingerprint density at radius 2 is 1.67 bits per heavy atom. The molecule has 176 valence electrons. The average molecular weight is 447 g/mol. The van der Waals surface area contributed by atoms with Gasteiger partial charge < -0.3 is 9.84 Å².